The van der Waals surface area contributed by atoms with Gasteiger partial charge in [0, 0.05) is 31.0 Å². The van der Waals surface area contributed by atoms with Crippen LogP contribution in [0, 0.1) is 10.1 Å². The number of rotatable bonds is 3. The van der Waals surface area contributed by atoms with Crippen LogP contribution in [0.3, 0.4) is 0 Å². The SMILES string of the molecule is Br.O=[N+]([O-])c1ccc(CSC2=NCCCN2)cc1. The van der Waals surface area contributed by atoms with Gasteiger partial charge in [0.2, 0.25) is 0 Å². The van der Waals surface area contributed by atoms with Gasteiger partial charge in [0.1, 0.15) is 0 Å². The number of aliphatic imine (C=N–C) groups is 1. The number of nitrogens with zero attached hydrogens (tertiary/aromatic N) is 2. The molecule has 0 fully saturated rings. The standard InChI is InChI=1S/C11H13N3O2S.BrH/c15-14(16)10-4-2-9(3-5-10)8-17-11-12-6-1-7-13-11;/h2-5H,1,6-8H2,(H,12,13);1H. The number of thioether (sulfide) groups is 1. The van der Waals surface area contributed by atoms with Crippen molar-refractivity contribution in [1.82, 2.24) is 5.32 Å². The Morgan fingerprint density at radius 1 is 1.39 bits per heavy atom. The molecular weight excluding hydrogens is 318 g/mol. The van der Waals surface area contributed by atoms with E-state index in [2.05, 4.69) is 10.3 Å². The monoisotopic (exact) mass is 331 g/mol. The second-order valence-corrected chi connectivity index (χ2v) is 4.64. The molecule has 5 nitrogen and oxygen atoms in total. The molecular formula is C11H14BrN3O2S. The van der Waals surface area contributed by atoms with Crippen molar-refractivity contribution in [1.29, 1.82) is 0 Å². The Bertz CT molecular complexity index is 436. The van der Waals surface area contributed by atoms with Gasteiger partial charge in [0.25, 0.3) is 5.69 Å². The Morgan fingerprint density at radius 3 is 2.67 bits per heavy atom. The molecule has 0 saturated carbocycles. The summed E-state index contributed by atoms with van der Waals surface area (Å²) in [5.41, 5.74) is 1.20. The minimum absolute atomic E-state index is 0. The van der Waals surface area contributed by atoms with Gasteiger partial charge in [0.05, 0.1) is 4.92 Å². The van der Waals surface area contributed by atoms with Crippen LogP contribution >= 0.6 is 28.7 Å². The highest BCUT2D eigenvalue weighted by atomic mass is 79.9. The lowest BCUT2D eigenvalue weighted by Crippen LogP contribution is -2.26. The lowest BCUT2D eigenvalue weighted by atomic mass is 10.2. The number of nitro benzene ring substituents is 1. The lowest BCUT2D eigenvalue weighted by Gasteiger charge is -2.13. The molecule has 0 unspecified atom stereocenters. The number of benzene rings is 1. The molecule has 1 N–H and O–H groups in total. The van der Waals surface area contributed by atoms with Crippen LogP contribution in [0.5, 0.6) is 0 Å². The van der Waals surface area contributed by atoms with Gasteiger partial charge in [-0.1, -0.05) is 23.9 Å². The highest BCUT2D eigenvalue weighted by molar-refractivity contribution is 8.93. The van der Waals surface area contributed by atoms with Crippen LogP contribution in [0.1, 0.15) is 12.0 Å². The molecule has 1 aromatic rings. The molecule has 1 aromatic carbocycles. The number of nitrogens with one attached hydrogen (secondary N) is 1. The minimum Gasteiger partial charge on any atom is -0.365 e. The van der Waals surface area contributed by atoms with Gasteiger partial charge in [-0.2, -0.15) is 0 Å². The average molecular weight is 332 g/mol. The summed E-state index contributed by atoms with van der Waals surface area (Å²) < 4.78 is 0. The van der Waals surface area contributed by atoms with Gasteiger partial charge in [-0.05, 0) is 12.0 Å². The van der Waals surface area contributed by atoms with E-state index in [0.29, 0.717) is 0 Å². The molecule has 0 atom stereocenters. The van der Waals surface area contributed by atoms with Gasteiger partial charge in [-0.25, -0.2) is 0 Å². The van der Waals surface area contributed by atoms with Crippen LogP contribution < -0.4 is 5.32 Å². The van der Waals surface area contributed by atoms with Crippen molar-refractivity contribution in [2.45, 2.75) is 12.2 Å². The summed E-state index contributed by atoms with van der Waals surface area (Å²) in [6, 6.07) is 6.64. The van der Waals surface area contributed by atoms with Crippen molar-refractivity contribution in [3.8, 4) is 0 Å². The van der Waals surface area contributed by atoms with Crippen LogP contribution in [0.15, 0.2) is 29.3 Å². The fourth-order valence-corrected chi connectivity index (χ4v) is 2.36. The third kappa shape index (κ3) is 4.30. The first kappa shape index (κ1) is 15.0. The fourth-order valence-electron chi connectivity index (χ4n) is 1.47. The van der Waals surface area contributed by atoms with E-state index in [9.17, 15) is 10.1 Å². The summed E-state index contributed by atoms with van der Waals surface area (Å²) in [7, 11) is 0. The second kappa shape index (κ2) is 7.38. The number of hydrogen-bond acceptors (Lipinski definition) is 5. The predicted molar refractivity (Wildman–Crippen MR) is 79.6 cm³/mol. The van der Waals surface area contributed by atoms with Crippen molar-refractivity contribution in [3.05, 3.63) is 39.9 Å². The van der Waals surface area contributed by atoms with E-state index in [0.717, 1.165) is 36.0 Å². The smallest absolute Gasteiger partial charge is 0.269 e. The summed E-state index contributed by atoms with van der Waals surface area (Å²) in [5.74, 6) is 0.782. The van der Waals surface area contributed by atoms with Crippen molar-refractivity contribution in [2.24, 2.45) is 4.99 Å². The Balaban J connectivity index is 0.00000162. The van der Waals surface area contributed by atoms with Crippen molar-refractivity contribution >= 4 is 39.6 Å². The molecule has 1 heterocycles. The van der Waals surface area contributed by atoms with Gasteiger partial charge in [0.15, 0.2) is 5.17 Å². The van der Waals surface area contributed by atoms with Crippen LogP contribution in [-0.2, 0) is 5.75 Å². The first-order valence-corrected chi connectivity index (χ1v) is 6.39. The molecule has 0 aromatic heterocycles. The Labute approximate surface area is 120 Å². The molecule has 1 aliphatic rings. The lowest BCUT2D eigenvalue weighted by molar-refractivity contribution is -0.384. The Hall–Kier alpha value is -1.08. The van der Waals surface area contributed by atoms with Gasteiger partial charge >= 0.3 is 0 Å². The van der Waals surface area contributed by atoms with E-state index in [1.54, 1.807) is 23.9 Å². The normalized spacial score (nSPS) is 14.1. The fraction of sp³-hybridized carbons (Fsp3) is 0.364. The highest BCUT2D eigenvalue weighted by Gasteiger charge is 2.07. The van der Waals surface area contributed by atoms with Gasteiger partial charge in [-0.3, -0.25) is 15.1 Å². The van der Waals surface area contributed by atoms with Gasteiger partial charge < -0.3 is 5.32 Å². The zero-order chi connectivity index (χ0) is 12.1. The Kier molecular flexibility index (Phi) is 6.14. The molecule has 0 radical (unpaired) electrons. The predicted octanol–water partition coefficient (Wildman–Crippen LogP) is 2.76. The van der Waals surface area contributed by atoms with Crippen LogP contribution in [-0.4, -0.2) is 23.2 Å². The number of nitro groups is 1. The average Bonchev–Trinajstić information content (AvgIpc) is 2.38. The molecule has 98 valence electrons. The molecule has 2 rings (SSSR count). The van der Waals surface area contributed by atoms with Crippen LogP contribution in [0.25, 0.3) is 0 Å². The number of halogens is 1. The third-order valence-corrected chi connectivity index (χ3v) is 3.41. The topological polar surface area (TPSA) is 67.5 Å². The van der Waals surface area contributed by atoms with Crippen LogP contribution in [0.4, 0.5) is 5.69 Å². The zero-order valence-electron chi connectivity index (χ0n) is 9.67. The summed E-state index contributed by atoms with van der Waals surface area (Å²) in [6.45, 7) is 1.86. The summed E-state index contributed by atoms with van der Waals surface area (Å²) >= 11 is 1.63. The number of amidine groups is 1. The van der Waals surface area contributed by atoms with Crippen LogP contribution in [0.2, 0.25) is 0 Å². The molecule has 1 aliphatic heterocycles. The molecule has 7 heteroatoms. The quantitative estimate of drug-likeness (QED) is 0.683. The largest absolute Gasteiger partial charge is 0.365 e. The number of non-ortho nitro benzene ring substituents is 1. The first-order chi connectivity index (χ1) is 8.25. The maximum Gasteiger partial charge on any atom is 0.269 e. The maximum atomic E-state index is 10.5. The molecule has 0 bridgehead atoms. The molecule has 0 amide bonds. The van der Waals surface area contributed by atoms with E-state index < -0.39 is 0 Å². The van der Waals surface area contributed by atoms with E-state index >= 15 is 0 Å². The summed E-state index contributed by atoms with van der Waals surface area (Å²) in [6.07, 6.45) is 1.08. The minimum atomic E-state index is -0.385. The maximum absolute atomic E-state index is 10.5. The van der Waals surface area contributed by atoms with Crippen molar-refractivity contribution < 1.29 is 4.92 Å². The third-order valence-electron chi connectivity index (χ3n) is 2.39. The Morgan fingerprint density at radius 2 is 2.11 bits per heavy atom. The molecule has 0 aliphatic carbocycles. The summed E-state index contributed by atoms with van der Waals surface area (Å²) in [4.78, 5) is 14.5. The second-order valence-electron chi connectivity index (χ2n) is 3.68. The highest BCUT2D eigenvalue weighted by Crippen LogP contribution is 2.17. The molecule has 18 heavy (non-hydrogen) atoms. The van der Waals surface area contributed by atoms with Crippen molar-refractivity contribution in [3.63, 3.8) is 0 Å². The van der Waals surface area contributed by atoms with E-state index in [1.807, 2.05) is 0 Å². The number of hydrogen-bond donors (Lipinski definition) is 1. The molecule has 0 saturated heterocycles. The van der Waals surface area contributed by atoms with E-state index in [1.165, 1.54) is 12.1 Å². The summed E-state index contributed by atoms with van der Waals surface area (Å²) in [5, 5.41) is 14.7. The van der Waals surface area contributed by atoms with E-state index in [4.69, 9.17) is 0 Å². The first-order valence-electron chi connectivity index (χ1n) is 5.40. The van der Waals surface area contributed by atoms with Gasteiger partial charge in [-0.15, -0.1) is 17.0 Å². The zero-order valence-corrected chi connectivity index (χ0v) is 12.2. The van der Waals surface area contributed by atoms with E-state index in [-0.39, 0.29) is 27.6 Å². The molecule has 0 spiro atoms. The van der Waals surface area contributed by atoms with Crippen molar-refractivity contribution in [2.75, 3.05) is 13.1 Å².